The van der Waals surface area contributed by atoms with Gasteiger partial charge in [0, 0.05) is 5.69 Å². The highest BCUT2D eigenvalue weighted by atomic mass is 32.2. The molecule has 1 amide bonds. The molecule has 1 atom stereocenters. The van der Waals surface area contributed by atoms with Crippen LogP contribution in [0.3, 0.4) is 0 Å². The van der Waals surface area contributed by atoms with Crippen molar-refractivity contribution in [1.82, 2.24) is 0 Å². The van der Waals surface area contributed by atoms with Crippen molar-refractivity contribution < 1.29 is 31.5 Å². The lowest BCUT2D eigenvalue weighted by Gasteiger charge is -2.14. The van der Waals surface area contributed by atoms with Gasteiger partial charge in [0.15, 0.2) is 6.10 Å². The average Bonchev–Trinajstić information content (AvgIpc) is 2.77. The highest BCUT2D eigenvalue weighted by Crippen LogP contribution is 2.20. The minimum atomic E-state index is -4.11. The van der Waals surface area contributed by atoms with E-state index < -0.39 is 39.6 Å². The summed E-state index contributed by atoms with van der Waals surface area (Å²) < 4.78 is 59.9. The number of benzene rings is 3. The van der Waals surface area contributed by atoms with Gasteiger partial charge in [0.25, 0.3) is 15.9 Å². The molecular weight excluding hydrogens is 454 g/mol. The van der Waals surface area contributed by atoms with Crippen LogP contribution in [0.1, 0.15) is 22.8 Å². The van der Waals surface area contributed by atoms with Crippen LogP contribution in [-0.2, 0) is 19.6 Å². The monoisotopic (exact) mass is 474 g/mol. The Morgan fingerprint density at radius 3 is 2.36 bits per heavy atom. The Hall–Kier alpha value is -3.79. The van der Waals surface area contributed by atoms with Gasteiger partial charge < -0.3 is 10.1 Å². The molecule has 10 heteroatoms. The van der Waals surface area contributed by atoms with Gasteiger partial charge in [0.1, 0.15) is 11.6 Å². The Morgan fingerprint density at radius 1 is 0.939 bits per heavy atom. The number of para-hydroxylation sites is 1. The molecule has 172 valence electrons. The lowest BCUT2D eigenvalue weighted by Crippen LogP contribution is -2.30. The second-order valence-electron chi connectivity index (χ2n) is 7.11. The summed E-state index contributed by atoms with van der Waals surface area (Å²) >= 11 is 0. The van der Waals surface area contributed by atoms with E-state index in [1.54, 1.807) is 0 Å². The molecular formula is C23H20F2N2O5S. The van der Waals surface area contributed by atoms with Crippen LogP contribution in [0.4, 0.5) is 20.2 Å². The van der Waals surface area contributed by atoms with Crippen molar-refractivity contribution in [3.05, 3.63) is 89.5 Å². The summed E-state index contributed by atoms with van der Waals surface area (Å²) in [5, 5.41) is 2.32. The van der Waals surface area contributed by atoms with E-state index in [1.807, 2.05) is 0 Å². The van der Waals surface area contributed by atoms with E-state index in [1.165, 1.54) is 74.5 Å². The van der Waals surface area contributed by atoms with Gasteiger partial charge in [0.2, 0.25) is 0 Å². The molecule has 0 fully saturated rings. The summed E-state index contributed by atoms with van der Waals surface area (Å²) in [5.41, 5.74) is 0.242. The first-order valence-electron chi connectivity index (χ1n) is 9.72. The number of halogens is 2. The standard InChI is InChI=1S/C23H20F2N2O5S/c1-14-10-11-18(13-20(14)25)33(30,31)27-17-7-5-6-16(12-17)23(29)32-15(2)22(28)26-21-9-4-3-8-19(21)24/h3-13,15,27H,1-2H3,(H,26,28). The number of carbonyl (C=O) groups excluding carboxylic acids is 2. The van der Waals surface area contributed by atoms with Crippen molar-refractivity contribution in [3.8, 4) is 0 Å². The van der Waals surface area contributed by atoms with Gasteiger partial charge in [-0.15, -0.1) is 0 Å². The molecule has 0 bridgehead atoms. The van der Waals surface area contributed by atoms with Crippen LogP contribution in [0, 0.1) is 18.6 Å². The Bertz CT molecular complexity index is 1310. The van der Waals surface area contributed by atoms with Crippen molar-refractivity contribution in [3.63, 3.8) is 0 Å². The third kappa shape index (κ3) is 5.92. The van der Waals surface area contributed by atoms with E-state index in [9.17, 15) is 26.8 Å². The number of hydrogen-bond acceptors (Lipinski definition) is 5. The topological polar surface area (TPSA) is 102 Å². The predicted molar refractivity (Wildman–Crippen MR) is 118 cm³/mol. The molecule has 3 aromatic carbocycles. The van der Waals surface area contributed by atoms with E-state index in [4.69, 9.17) is 4.74 Å². The molecule has 33 heavy (non-hydrogen) atoms. The zero-order valence-electron chi connectivity index (χ0n) is 17.6. The molecule has 0 saturated heterocycles. The second kappa shape index (κ2) is 9.78. The molecule has 0 saturated carbocycles. The van der Waals surface area contributed by atoms with E-state index in [0.29, 0.717) is 5.56 Å². The summed E-state index contributed by atoms with van der Waals surface area (Å²) in [4.78, 5) is 24.4. The summed E-state index contributed by atoms with van der Waals surface area (Å²) in [6.45, 7) is 2.82. The number of amides is 1. The zero-order valence-corrected chi connectivity index (χ0v) is 18.5. The fourth-order valence-electron chi connectivity index (χ4n) is 2.74. The summed E-state index contributed by atoms with van der Waals surface area (Å²) in [6.07, 6.45) is -1.26. The minimum Gasteiger partial charge on any atom is -0.449 e. The van der Waals surface area contributed by atoms with Crippen LogP contribution in [0.5, 0.6) is 0 Å². The fraction of sp³-hybridized carbons (Fsp3) is 0.130. The van der Waals surface area contributed by atoms with E-state index in [0.717, 1.165) is 6.07 Å². The van der Waals surface area contributed by atoms with Gasteiger partial charge in [-0.1, -0.05) is 24.3 Å². The Kier molecular flexibility index (Phi) is 7.07. The molecule has 0 aliphatic rings. The first-order valence-corrected chi connectivity index (χ1v) is 11.2. The lowest BCUT2D eigenvalue weighted by molar-refractivity contribution is -0.123. The van der Waals surface area contributed by atoms with Crippen molar-refractivity contribution in [2.75, 3.05) is 10.0 Å². The average molecular weight is 474 g/mol. The number of nitrogens with one attached hydrogen (secondary N) is 2. The molecule has 2 N–H and O–H groups in total. The van der Waals surface area contributed by atoms with Crippen LogP contribution >= 0.6 is 0 Å². The number of esters is 1. The fourth-order valence-corrected chi connectivity index (χ4v) is 3.80. The summed E-state index contributed by atoms with van der Waals surface area (Å²) in [7, 11) is -4.11. The van der Waals surface area contributed by atoms with Crippen LogP contribution in [-0.4, -0.2) is 26.4 Å². The summed E-state index contributed by atoms with van der Waals surface area (Å²) in [6, 6.07) is 14.4. The van der Waals surface area contributed by atoms with Crippen LogP contribution in [0.15, 0.2) is 71.6 Å². The van der Waals surface area contributed by atoms with Crippen molar-refractivity contribution in [2.24, 2.45) is 0 Å². The normalized spacial score (nSPS) is 12.0. The lowest BCUT2D eigenvalue weighted by atomic mass is 10.2. The molecule has 0 aliphatic carbocycles. The number of aryl methyl sites for hydroxylation is 1. The second-order valence-corrected chi connectivity index (χ2v) is 8.80. The maximum atomic E-state index is 13.8. The highest BCUT2D eigenvalue weighted by molar-refractivity contribution is 7.92. The number of carbonyl (C=O) groups is 2. The van der Waals surface area contributed by atoms with Crippen LogP contribution in [0.2, 0.25) is 0 Å². The molecule has 0 aromatic heterocycles. The van der Waals surface area contributed by atoms with Gasteiger partial charge in [-0.3, -0.25) is 9.52 Å². The van der Waals surface area contributed by atoms with Crippen LogP contribution in [0.25, 0.3) is 0 Å². The Morgan fingerprint density at radius 2 is 1.67 bits per heavy atom. The third-order valence-corrected chi connectivity index (χ3v) is 5.97. The number of sulfonamides is 1. The molecule has 7 nitrogen and oxygen atoms in total. The van der Waals surface area contributed by atoms with Crippen molar-refractivity contribution >= 4 is 33.3 Å². The molecule has 3 rings (SSSR count). The Balaban J connectivity index is 1.69. The SMILES string of the molecule is Cc1ccc(S(=O)(=O)Nc2cccc(C(=O)OC(C)C(=O)Nc3ccccc3F)c2)cc1F. The first kappa shape index (κ1) is 23.9. The first-order chi connectivity index (χ1) is 15.6. The number of hydrogen-bond donors (Lipinski definition) is 2. The van der Waals surface area contributed by atoms with Gasteiger partial charge in [-0.25, -0.2) is 22.0 Å². The molecule has 0 radical (unpaired) electrons. The minimum absolute atomic E-state index is 0.0316. The molecule has 3 aromatic rings. The van der Waals surface area contributed by atoms with Crippen LogP contribution < -0.4 is 10.0 Å². The maximum absolute atomic E-state index is 13.8. The third-order valence-electron chi connectivity index (χ3n) is 4.59. The number of ether oxygens (including phenoxy) is 1. The molecule has 0 aliphatic heterocycles. The number of rotatable bonds is 7. The van der Waals surface area contributed by atoms with E-state index in [-0.39, 0.29) is 21.8 Å². The number of anilines is 2. The van der Waals surface area contributed by atoms with Gasteiger partial charge >= 0.3 is 5.97 Å². The predicted octanol–water partition coefficient (Wildman–Crippen LogP) is 4.26. The van der Waals surface area contributed by atoms with Crippen molar-refractivity contribution in [1.29, 1.82) is 0 Å². The van der Waals surface area contributed by atoms with E-state index in [2.05, 4.69) is 10.0 Å². The van der Waals surface area contributed by atoms with E-state index >= 15 is 0 Å². The molecule has 1 unspecified atom stereocenters. The van der Waals surface area contributed by atoms with Gasteiger partial charge in [0.05, 0.1) is 16.1 Å². The smallest absolute Gasteiger partial charge is 0.338 e. The molecule has 0 heterocycles. The van der Waals surface area contributed by atoms with Gasteiger partial charge in [-0.2, -0.15) is 0 Å². The Labute approximate surface area is 189 Å². The quantitative estimate of drug-likeness (QED) is 0.499. The summed E-state index contributed by atoms with van der Waals surface area (Å²) in [5.74, 6) is -2.95. The highest BCUT2D eigenvalue weighted by Gasteiger charge is 2.21. The van der Waals surface area contributed by atoms with Gasteiger partial charge in [-0.05, 0) is 61.9 Å². The maximum Gasteiger partial charge on any atom is 0.338 e. The molecule has 0 spiro atoms. The zero-order chi connectivity index (χ0) is 24.2. The largest absolute Gasteiger partial charge is 0.449 e. The van der Waals surface area contributed by atoms with Crippen molar-refractivity contribution in [2.45, 2.75) is 24.8 Å².